The van der Waals surface area contributed by atoms with Gasteiger partial charge in [0.2, 0.25) is 0 Å². The number of carboxylic acids is 1. The summed E-state index contributed by atoms with van der Waals surface area (Å²) in [6, 6.07) is 0.117. The highest BCUT2D eigenvalue weighted by Gasteiger charge is 2.47. The standard InChI is InChI=1S/C19H26N2O5S/c1-4-26-19(25)17-18(24)21(8-14(22)23)15-9(2)12-6-5-11(20)7-13(12)10(3)16(15)27-17/h9-11,17H,4-8,20H2,1-3H3,(H,22,23). The molecule has 1 amide bonds. The van der Waals surface area contributed by atoms with Crippen molar-refractivity contribution < 1.29 is 24.2 Å². The highest BCUT2D eigenvalue weighted by Crippen LogP contribution is 2.52. The molecule has 7 nitrogen and oxygen atoms in total. The molecule has 0 saturated heterocycles. The maximum atomic E-state index is 13.0. The zero-order chi connectivity index (χ0) is 19.9. The van der Waals surface area contributed by atoms with E-state index in [1.165, 1.54) is 27.8 Å². The largest absolute Gasteiger partial charge is 0.480 e. The summed E-state index contributed by atoms with van der Waals surface area (Å²) in [5, 5.41) is 8.30. The first-order valence-corrected chi connectivity index (χ1v) is 10.2. The van der Waals surface area contributed by atoms with Crippen molar-refractivity contribution in [3.8, 4) is 0 Å². The first kappa shape index (κ1) is 19.9. The van der Waals surface area contributed by atoms with Crippen LogP contribution in [0.4, 0.5) is 0 Å². The topological polar surface area (TPSA) is 110 Å². The third kappa shape index (κ3) is 3.52. The van der Waals surface area contributed by atoms with E-state index in [4.69, 9.17) is 10.5 Å². The Morgan fingerprint density at radius 1 is 1.30 bits per heavy atom. The van der Waals surface area contributed by atoms with Gasteiger partial charge in [0.15, 0.2) is 5.25 Å². The molecule has 0 bridgehead atoms. The van der Waals surface area contributed by atoms with Crippen LogP contribution in [0.1, 0.15) is 40.0 Å². The third-order valence-corrected chi connectivity index (χ3v) is 7.05. The first-order valence-electron chi connectivity index (χ1n) is 9.34. The highest BCUT2D eigenvalue weighted by molar-refractivity contribution is 8.05. The van der Waals surface area contributed by atoms with Gasteiger partial charge in [0.25, 0.3) is 5.91 Å². The van der Waals surface area contributed by atoms with E-state index in [1.807, 2.05) is 6.92 Å². The molecule has 0 aromatic rings. The Kier molecular flexibility index (Phi) is 5.67. The van der Waals surface area contributed by atoms with E-state index in [0.29, 0.717) is 0 Å². The Labute approximate surface area is 163 Å². The van der Waals surface area contributed by atoms with Gasteiger partial charge in [-0.3, -0.25) is 14.4 Å². The van der Waals surface area contributed by atoms with E-state index < -0.39 is 29.6 Å². The molecule has 3 rings (SSSR count). The van der Waals surface area contributed by atoms with Crippen LogP contribution in [0.5, 0.6) is 0 Å². The Balaban J connectivity index is 2.05. The molecule has 0 saturated carbocycles. The summed E-state index contributed by atoms with van der Waals surface area (Å²) in [7, 11) is 0. The van der Waals surface area contributed by atoms with Crippen LogP contribution in [0.15, 0.2) is 21.7 Å². The van der Waals surface area contributed by atoms with Gasteiger partial charge in [-0.05, 0) is 26.2 Å². The fourth-order valence-electron chi connectivity index (χ4n) is 4.36. The maximum Gasteiger partial charge on any atom is 0.329 e. The highest BCUT2D eigenvalue weighted by atomic mass is 32.2. The van der Waals surface area contributed by atoms with Crippen LogP contribution in [0, 0.1) is 11.8 Å². The number of hydrogen-bond acceptors (Lipinski definition) is 6. The average molecular weight is 394 g/mol. The van der Waals surface area contributed by atoms with Crippen LogP contribution in [-0.2, 0) is 19.1 Å². The molecule has 148 valence electrons. The second-order valence-electron chi connectivity index (χ2n) is 7.31. The van der Waals surface area contributed by atoms with Crippen molar-refractivity contribution in [2.24, 2.45) is 17.6 Å². The van der Waals surface area contributed by atoms with Crippen LogP contribution in [0.2, 0.25) is 0 Å². The van der Waals surface area contributed by atoms with Crippen LogP contribution < -0.4 is 5.73 Å². The van der Waals surface area contributed by atoms with Crippen molar-refractivity contribution in [3.63, 3.8) is 0 Å². The summed E-state index contributed by atoms with van der Waals surface area (Å²) >= 11 is 1.22. The Bertz CT molecular complexity index is 744. The second kappa shape index (κ2) is 7.67. The van der Waals surface area contributed by atoms with E-state index >= 15 is 0 Å². The number of ether oxygens (including phenoxy) is 1. The number of carbonyl (C=O) groups is 3. The normalized spacial score (nSPS) is 30.8. The lowest BCUT2D eigenvalue weighted by atomic mass is 9.72. The minimum absolute atomic E-state index is 0.0175. The molecular formula is C19H26N2O5S. The van der Waals surface area contributed by atoms with E-state index in [2.05, 4.69) is 6.92 Å². The monoisotopic (exact) mass is 394 g/mol. The predicted molar refractivity (Wildman–Crippen MR) is 102 cm³/mol. The van der Waals surface area contributed by atoms with E-state index in [9.17, 15) is 19.5 Å². The number of nitrogens with zero attached hydrogens (tertiary/aromatic N) is 1. The molecule has 1 heterocycles. The number of carboxylic acid groups (broad SMARTS) is 1. The molecule has 27 heavy (non-hydrogen) atoms. The van der Waals surface area contributed by atoms with Gasteiger partial charge in [0, 0.05) is 28.5 Å². The number of aliphatic carboxylic acids is 1. The van der Waals surface area contributed by atoms with E-state index in [-0.39, 0.29) is 24.5 Å². The van der Waals surface area contributed by atoms with Gasteiger partial charge in [0.1, 0.15) is 6.54 Å². The molecule has 1 aliphatic heterocycles. The van der Waals surface area contributed by atoms with Gasteiger partial charge in [-0.1, -0.05) is 25.0 Å². The molecule has 0 aromatic carbocycles. The van der Waals surface area contributed by atoms with E-state index in [0.717, 1.165) is 29.9 Å². The van der Waals surface area contributed by atoms with Crippen molar-refractivity contribution in [2.75, 3.05) is 13.2 Å². The quantitative estimate of drug-likeness (QED) is 0.425. The first-order chi connectivity index (χ1) is 12.8. The number of allylic oxidation sites excluding steroid dienone is 2. The number of thioether (sulfide) groups is 1. The molecule has 0 aromatic heterocycles. The van der Waals surface area contributed by atoms with Gasteiger partial charge in [0.05, 0.1) is 6.61 Å². The molecule has 4 atom stereocenters. The van der Waals surface area contributed by atoms with Crippen molar-refractivity contribution in [1.29, 1.82) is 0 Å². The summed E-state index contributed by atoms with van der Waals surface area (Å²) in [5.74, 6) is -2.26. The van der Waals surface area contributed by atoms with Gasteiger partial charge in [-0.15, -0.1) is 11.8 Å². The van der Waals surface area contributed by atoms with Crippen LogP contribution >= 0.6 is 11.8 Å². The number of nitrogens with two attached hydrogens (primary N) is 1. The molecule has 4 unspecified atom stereocenters. The molecule has 3 aliphatic rings. The molecule has 0 fully saturated rings. The van der Waals surface area contributed by atoms with Crippen molar-refractivity contribution in [2.45, 2.75) is 51.3 Å². The summed E-state index contributed by atoms with van der Waals surface area (Å²) < 4.78 is 5.06. The summed E-state index contributed by atoms with van der Waals surface area (Å²) in [4.78, 5) is 38.9. The average Bonchev–Trinajstić information content (AvgIpc) is 2.61. The fourth-order valence-corrected chi connectivity index (χ4v) is 5.76. The second-order valence-corrected chi connectivity index (χ2v) is 8.46. The SMILES string of the molecule is CCOC(=O)C1SC2=C(C(C)C3=C(CC(N)CC3)C2C)N(CC(=O)O)C1=O. The fraction of sp³-hybridized carbons (Fsp3) is 0.632. The summed E-state index contributed by atoms with van der Waals surface area (Å²) in [5.41, 5.74) is 9.45. The van der Waals surface area contributed by atoms with Gasteiger partial charge >= 0.3 is 11.9 Å². The molecule has 8 heteroatoms. The lowest BCUT2D eigenvalue weighted by Crippen LogP contribution is -2.50. The number of esters is 1. The van der Waals surface area contributed by atoms with Gasteiger partial charge in [-0.25, -0.2) is 0 Å². The maximum absolute atomic E-state index is 13.0. The summed E-state index contributed by atoms with van der Waals surface area (Å²) in [6.07, 6.45) is 2.55. The molecular weight excluding hydrogens is 368 g/mol. The minimum atomic E-state index is -1.10. The van der Waals surface area contributed by atoms with Gasteiger partial charge < -0.3 is 20.5 Å². The van der Waals surface area contributed by atoms with Gasteiger partial charge in [-0.2, -0.15) is 0 Å². The molecule has 3 N–H and O–H groups in total. The number of amides is 1. The number of carbonyl (C=O) groups excluding carboxylic acids is 2. The third-order valence-electron chi connectivity index (χ3n) is 5.60. The zero-order valence-electron chi connectivity index (χ0n) is 15.9. The number of hydrogen-bond donors (Lipinski definition) is 2. The smallest absolute Gasteiger partial charge is 0.329 e. The molecule has 2 aliphatic carbocycles. The minimum Gasteiger partial charge on any atom is -0.480 e. The lowest BCUT2D eigenvalue weighted by Gasteiger charge is -2.45. The molecule has 0 radical (unpaired) electrons. The van der Waals surface area contributed by atoms with Crippen LogP contribution in [0.3, 0.4) is 0 Å². The zero-order valence-corrected chi connectivity index (χ0v) is 16.7. The Hall–Kier alpha value is -1.80. The Morgan fingerprint density at radius 2 is 2.00 bits per heavy atom. The molecule has 0 spiro atoms. The summed E-state index contributed by atoms with van der Waals surface area (Å²) in [6.45, 7) is 5.47. The van der Waals surface area contributed by atoms with E-state index in [1.54, 1.807) is 6.92 Å². The Morgan fingerprint density at radius 3 is 2.63 bits per heavy atom. The lowest BCUT2D eigenvalue weighted by molar-refractivity contribution is -0.150. The number of rotatable bonds is 4. The predicted octanol–water partition coefficient (Wildman–Crippen LogP) is 1.88. The van der Waals surface area contributed by atoms with Crippen molar-refractivity contribution in [3.05, 3.63) is 21.7 Å². The van der Waals surface area contributed by atoms with Crippen molar-refractivity contribution in [1.82, 2.24) is 4.90 Å². The van der Waals surface area contributed by atoms with Crippen LogP contribution in [-0.4, -0.2) is 52.3 Å². The van der Waals surface area contributed by atoms with Crippen molar-refractivity contribution >= 4 is 29.6 Å². The van der Waals surface area contributed by atoms with Crippen LogP contribution in [0.25, 0.3) is 0 Å².